The Hall–Kier alpha value is -0.610. The molecule has 1 aliphatic rings. The fourth-order valence-electron chi connectivity index (χ4n) is 1.38. The predicted octanol–water partition coefficient (Wildman–Crippen LogP) is 1.75. The summed E-state index contributed by atoms with van der Waals surface area (Å²) in [6.45, 7) is 3.98. The highest BCUT2D eigenvalue weighted by atomic mass is 79.9. The van der Waals surface area contributed by atoms with Crippen molar-refractivity contribution < 1.29 is 0 Å². The van der Waals surface area contributed by atoms with Crippen molar-refractivity contribution in [3.05, 3.63) is 22.3 Å². The molecule has 3 nitrogen and oxygen atoms in total. The number of hydrogen-bond acceptors (Lipinski definition) is 3. The Labute approximate surface area is 86.1 Å². The van der Waals surface area contributed by atoms with Gasteiger partial charge in [-0.25, -0.2) is 4.98 Å². The van der Waals surface area contributed by atoms with Crippen molar-refractivity contribution >= 4 is 21.7 Å². The van der Waals surface area contributed by atoms with Gasteiger partial charge in [-0.15, -0.1) is 0 Å². The molecule has 1 atom stereocenters. The number of hydrogen-bond donors (Lipinski definition) is 2. The molecule has 0 saturated carbocycles. The third-order valence-electron chi connectivity index (χ3n) is 2.15. The van der Waals surface area contributed by atoms with Crippen LogP contribution in [0, 0.1) is 0 Å². The van der Waals surface area contributed by atoms with E-state index in [1.807, 2.05) is 6.20 Å². The fraction of sp³-hybridized carbons (Fsp3) is 0.444. The first-order valence-corrected chi connectivity index (χ1v) is 5.16. The fourth-order valence-corrected chi connectivity index (χ4v) is 1.76. The average Bonchev–Trinajstić information content (AvgIpc) is 2.29. The van der Waals surface area contributed by atoms with E-state index in [1.54, 1.807) is 0 Å². The molecule has 1 aliphatic heterocycles. The van der Waals surface area contributed by atoms with E-state index in [2.05, 4.69) is 44.5 Å². The highest BCUT2D eigenvalue weighted by Gasteiger charge is 2.11. The SMILES string of the molecule is C[C@H]1CNc2ncc(Br)cc2CN1. The lowest BCUT2D eigenvalue weighted by atomic mass is 10.2. The van der Waals surface area contributed by atoms with Crippen LogP contribution < -0.4 is 10.6 Å². The lowest BCUT2D eigenvalue weighted by Crippen LogP contribution is -2.29. The van der Waals surface area contributed by atoms with Crippen molar-refractivity contribution in [1.82, 2.24) is 10.3 Å². The molecule has 1 aromatic rings. The summed E-state index contributed by atoms with van der Waals surface area (Å²) in [6.07, 6.45) is 1.82. The maximum atomic E-state index is 4.32. The Morgan fingerprint density at radius 3 is 3.31 bits per heavy atom. The van der Waals surface area contributed by atoms with Gasteiger partial charge in [0, 0.05) is 35.4 Å². The van der Waals surface area contributed by atoms with E-state index < -0.39 is 0 Å². The van der Waals surface area contributed by atoms with Crippen molar-refractivity contribution in [3.63, 3.8) is 0 Å². The van der Waals surface area contributed by atoms with Crippen LogP contribution in [0.25, 0.3) is 0 Å². The van der Waals surface area contributed by atoms with Gasteiger partial charge in [0.05, 0.1) is 0 Å². The summed E-state index contributed by atoms with van der Waals surface area (Å²) in [5, 5.41) is 6.71. The molecule has 2 rings (SSSR count). The Bertz CT molecular complexity index is 314. The third-order valence-corrected chi connectivity index (χ3v) is 2.58. The Morgan fingerprint density at radius 2 is 2.46 bits per heavy atom. The van der Waals surface area contributed by atoms with Gasteiger partial charge >= 0.3 is 0 Å². The van der Waals surface area contributed by atoms with Crippen LogP contribution >= 0.6 is 15.9 Å². The van der Waals surface area contributed by atoms with Crippen molar-refractivity contribution in [2.45, 2.75) is 19.5 Å². The van der Waals surface area contributed by atoms with Crippen LogP contribution in [0.15, 0.2) is 16.7 Å². The summed E-state index contributed by atoms with van der Waals surface area (Å²) < 4.78 is 1.03. The number of anilines is 1. The molecule has 0 saturated heterocycles. The van der Waals surface area contributed by atoms with Crippen LogP contribution in [-0.2, 0) is 6.54 Å². The number of nitrogens with one attached hydrogen (secondary N) is 2. The second-order valence-electron chi connectivity index (χ2n) is 3.32. The van der Waals surface area contributed by atoms with Crippen molar-refractivity contribution in [2.24, 2.45) is 0 Å². The van der Waals surface area contributed by atoms with Gasteiger partial charge < -0.3 is 10.6 Å². The van der Waals surface area contributed by atoms with E-state index in [1.165, 1.54) is 5.56 Å². The van der Waals surface area contributed by atoms with E-state index in [4.69, 9.17) is 0 Å². The van der Waals surface area contributed by atoms with E-state index in [0.29, 0.717) is 6.04 Å². The van der Waals surface area contributed by atoms with Gasteiger partial charge in [0.15, 0.2) is 0 Å². The number of rotatable bonds is 0. The number of fused-ring (bicyclic) bond motifs is 1. The monoisotopic (exact) mass is 241 g/mol. The van der Waals surface area contributed by atoms with Crippen LogP contribution in [0.3, 0.4) is 0 Å². The summed E-state index contributed by atoms with van der Waals surface area (Å²) in [4.78, 5) is 4.32. The van der Waals surface area contributed by atoms with Gasteiger partial charge in [0.1, 0.15) is 5.82 Å². The van der Waals surface area contributed by atoms with Gasteiger partial charge in [-0.05, 0) is 28.9 Å². The minimum Gasteiger partial charge on any atom is -0.368 e. The number of pyridine rings is 1. The lowest BCUT2D eigenvalue weighted by molar-refractivity contribution is 0.581. The topological polar surface area (TPSA) is 37.0 Å². The molecule has 0 fully saturated rings. The molecule has 0 radical (unpaired) electrons. The second-order valence-corrected chi connectivity index (χ2v) is 4.24. The summed E-state index contributed by atoms with van der Waals surface area (Å²) >= 11 is 3.41. The van der Waals surface area contributed by atoms with Gasteiger partial charge in [0.2, 0.25) is 0 Å². The standard InChI is InChI=1S/C9H12BrN3/c1-6-3-12-9-7(4-11-6)2-8(10)5-13-9/h2,5-6,11H,3-4H2,1H3,(H,12,13)/t6-/m0/s1. The zero-order valence-electron chi connectivity index (χ0n) is 7.47. The average molecular weight is 242 g/mol. The Kier molecular flexibility index (Phi) is 2.51. The van der Waals surface area contributed by atoms with Gasteiger partial charge in [-0.3, -0.25) is 0 Å². The molecule has 0 unspecified atom stereocenters. The van der Waals surface area contributed by atoms with Crippen molar-refractivity contribution in [1.29, 1.82) is 0 Å². The molecular weight excluding hydrogens is 230 g/mol. The van der Waals surface area contributed by atoms with E-state index in [-0.39, 0.29) is 0 Å². The molecule has 0 aliphatic carbocycles. The number of aromatic nitrogens is 1. The molecule has 1 aromatic heterocycles. The van der Waals surface area contributed by atoms with Gasteiger partial charge in [-0.2, -0.15) is 0 Å². The zero-order valence-corrected chi connectivity index (χ0v) is 9.06. The quantitative estimate of drug-likeness (QED) is 0.727. The molecule has 0 aromatic carbocycles. The molecule has 2 heterocycles. The van der Waals surface area contributed by atoms with Crippen molar-refractivity contribution in [2.75, 3.05) is 11.9 Å². The smallest absolute Gasteiger partial charge is 0.130 e. The van der Waals surface area contributed by atoms with Crippen LogP contribution in [0.4, 0.5) is 5.82 Å². The number of nitrogens with zero attached hydrogens (tertiary/aromatic N) is 1. The highest BCUT2D eigenvalue weighted by Crippen LogP contribution is 2.19. The Morgan fingerprint density at radius 1 is 1.62 bits per heavy atom. The minimum absolute atomic E-state index is 0.493. The van der Waals surface area contributed by atoms with Crippen LogP contribution in [0.1, 0.15) is 12.5 Å². The Balaban J connectivity index is 2.30. The maximum Gasteiger partial charge on any atom is 0.130 e. The largest absolute Gasteiger partial charge is 0.368 e. The molecule has 13 heavy (non-hydrogen) atoms. The van der Waals surface area contributed by atoms with E-state index in [0.717, 1.165) is 23.4 Å². The zero-order chi connectivity index (χ0) is 9.26. The molecule has 0 bridgehead atoms. The summed E-state index contributed by atoms with van der Waals surface area (Å²) in [7, 11) is 0. The summed E-state index contributed by atoms with van der Waals surface area (Å²) in [6, 6.07) is 2.59. The maximum absolute atomic E-state index is 4.32. The minimum atomic E-state index is 0.493. The van der Waals surface area contributed by atoms with Crippen LogP contribution in [0.2, 0.25) is 0 Å². The van der Waals surface area contributed by atoms with E-state index in [9.17, 15) is 0 Å². The van der Waals surface area contributed by atoms with Crippen LogP contribution in [-0.4, -0.2) is 17.6 Å². The van der Waals surface area contributed by atoms with Crippen molar-refractivity contribution in [3.8, 4) is 0 Å². The molecule has 4 heteroatoms. The molecular formula is C9H12BrN3. The van der Waals surface area contributed by atoms with E-state index >= 15 is 0 Å². The first-order chi connectivity index (χ1) is 6.25. The predicted molar refractivity (Wildman–Crippen MR) is 56.7 cm³/mol. The highest BCUT2D eigenvalue weighted by molar-refractivity contribution is 9.10. The van der Waals surface area contributed by atoms with Gasteiger partial charge in [0.25, 0.3) is 0 Å². The first-order valence-electron chi connectivity index (χ1n) is 4.37. The summed E-state index contributed by atoms with van der Waals surface area (Å²) in [5.74, 6) is 1.00. The lowest BCUT2D eigenvalue weighted by Gasteiger charge is -2.07. The molecule has 0 spiro atoms. The number of halogens is 1. The molecule has 70 valence electrons. The molecule has 2 N–H and O–H groups in total. The third kappa shape index (κ3) is 2.00. The first kappa shape index (κ1) is 8.97. The van der Waals surface area contributed by atoms with Gasteiger partial charge in [-0.1, -0.05) is 0 Å². The summed E-state index contributed by atoms with van der Waals surface area (Å²) in [5.41, 5.74) is 1.22. The second kappa shape index (κ2) is 3.64. The normalized spacial score (nSPS) is 21.5. The van der Waals surface area contributed by atoms with Crippen LogP contribution in [0.5, 0.6) is 0 Å². The molecule has 0 amide bonds.